The van der Waals surface area contributed by atoms with Gasteiger partial charge in [-0.3, -0.25) is 4.79 Å². The molecular weight excluding hydrogens is 403 g/mol. The fourth-order valence-corrected chi connectivity index (χ4v) is 4.26. The van der Waals surface area contributed by atoms with Crippen LogP contribution in [-0.2, 0) is 14.8 Å². The molecule has 0 aliphatic carbocycles. The van der Waals surface area contributed by atoms with Gasteiger partial charge in [0.15, 0.2) is 0 Å². The van der Waals surface area contributed by atoms with E-state index < -0.39 is 28.3 Å². The number of benzene rings is 2. The number of hydrogen-bond acceptors (Lipinski definition) is 6. The van der Waals surface area contributed by atoms with Crippen LogP contribution in [0, 0.1) is 5.82 Å². The Morgan fingerprint density at radius 1 is 1.31 bits per heavy atom. The molecule has 136 valence electrons. The van der Waals surface area contributed by atoms with Crippen LogP contribution in [0.15, 0.2) is 41.3 Å². The Balaban J connectivity index is 1.79. The van der Waals surface area contributed by atoms with E-state index in [2.05, 4.69) is 14.1 Å². The Morgan fingerprint density at radius 3 is 2.81 bits per heavy atom. The van der Waals surface area contributed by atoms with Crippen molar-refractivity contribution in [2.75, 3.05) is 18.9 Å². The molecule has 3 rings (SSSR count). The number of anilines is 1. The molecule has 0 aliphatic rings. The molecule has 2 aromatic carbocycles. The summed E-state index contributed by atoms with van der Waals surface area (Å²) in [4.78, 5) is 12.1. The Bertz CT molecular complexity index is 1090. The molecule has 0 aliphatic heterocycles. The fraction of sp³-hybridized carbons (Fsp3) is 0.133. The van der Waals surface area contributed by atoms with Crippen molar-refractivity contribution in [2.45, 2.75) is 4.90 Å². The van der Waals surface area contributed by atoms with Gasteiger partial charge in [-0.2, -0.15) is 13.1 Å². The summed E-state index contributed by atoms with van der Waals surface area (Å²) in [7, 11) is -2.72. The lowest BCUT2D eigenvalue weighted by Crippen LogP contribution is -2.35. The monoisotopic (exact) mass is 414 g/mol. The number of carbonyl (C=O) groups excluding carboxylic acids is 1. The van der Waals surface area contributed by atoms with E-state index in [-0.39, 0.29) is 21.1 Å². The predicted octanol–water partition coefficient (Wildman–Crippen LogP) is 2.74. The zero-order valence-electron chi connectivity index (χ0n) is 13.3. The van der Waals surface area contributed by atoms with Crippen LogP contribution >= 0.6 is 23.3 Å². The van der Waals surface area contributed by atoms with Gasteiger partial charge in [0.25, 0.3) is 0 Å². The van der Waals surface area contributed by atoms with Crippen LogP contribution in [0.3, 0.4) is 0 Å². The number of amides is 1. The van der Waals surface area contributed by atoms with Crippen LogP contribution in [0.25, 0.3) is 11.0 Å². The molecule has 0 bridgehead atoms. The van der Waals surface area contributed by atoms with Gasteiger partial charge >= 0.3 is 0 Å². The molecule has 1 heterocycles. The molecule has 0 saturated carbocycles. The van der Waals surface area contributed by atoms with Crippen molar-refractivity contribution in [1.29, 1.82) is 0 Å². The van der Waals surface area contributed by atoms with Crippen molar-refractivity contribution >= 4 is 56.0 Å². The molecule has 11 heteroatoms. The standard InChI is InChI=1S/C15H12ClFN4O3S2/c1-21(8-14(22)18-11-6-5-9(16)7-10(11)17)26(23,24)13-4-2-3-12-15(13)20-25-19-12/h2-7H,8H2,1H3,(H,18,22). The highest BCUT2D eigenvalue weighted by molar-refractivity contribution is 7.89. The molecule has 0 spiro atoms. The third kappa shape index (κ3) is 3.68. The third-order valence-electron chi connectivity index (χ3n) is 3.51. The van der Waals surface area contributed by atoms with E-state index in [0.29, 0.717) is 5.52 Å². The number of likely N-dealkylation sites (N-methyl/N-ethyl adjacent to an activating group) is 1. The second-order valence-electron chi connectivity index (χ2n) is 5.32. The maximum absolute atomic E-state index is 13.7. The number of nitrogens with one attached hydrogen (secondary N) is 1. The van der Waals surface area contributed by atoms with E-state index in [1.807, 2.05) is 0 Å². The maximum Gasteiger partial charge on any atom is 0.245 e. The van der Waals surface area contributed by atoms with Crippen molar-refractivity contribution in [2.24, 2.45) is 0 Å². The molecule has 0 fully saturated rings. The van der Waals surface area contributed by atoms with Crippen molar-refractivity contribution in [1.82, 2.24) is 13.1 Å². The zero-order chi connectivity index (χ0) is 18.9. The number of aromatic nitrogens is 2. The molecule has 1 aromatic heterocycles. The number of fused-ring (bicyclic) bond motifs is 1. The van der Waals surface area contributed by atoms with Crippen molar-refractivity contribution in [3.8, 4) is 0 Å². The second kappa shape index (κ2) is 7.23. The van der Waals surface area contributed by atoms with Crippen LogP contribution in [0.5, 0.6) is 0 Å². The first-order chi connectivity index (χ1) is 12.3. The summed E-state index contributed by atoms with van der Waals surface area (Å²) in [5.41, 5.74) is 0.613. The Hall–Kier alpha value is -2.14. The average molecular weight is 415 g/mol. The summed E-state index contributed by atoms with van der Waals surface area (Å²) in [5, 5.41) is 2.50. The number of sulfonamides is 1. The van der Waals surface area contributed by atoms with Crippen LogP contribution in [0.2, 0.25) is 5.02 Å². The maximum atomic E-state index is 13.7. The summed E-state index contributed by atoms with van der Waals surface area (Å²) in [6, 6.07) is 8.35. The van der Waals surface area contributed by atoms with E-state index in [4.69, 9.17) is 11.6 Å². The largest absolute Gasteiger partial charge is 0.322 e. The van der Waals surface area contributed by atoms with Crippen molar-refractivity contribution < 1.29 is 17.6 Å². The predicted molar refractivity (Wildman–Crippen MR) is 97.3 cm³/mol. The molecule has 0 radical (unpaired) electrons. The SMILES string of the molecule is CN(CC(=O)Nc1ccc(Cl)cc1F)S(=O)(=O)c1cccc2nsnc12. The van der Waals surface area contributed by atoms with Gasteiger partial charge in [-0.1, -0.05) is 17.7 Å². The number of rotatable bonds is 5. The lowest BCUT2D eigenvalue weighted by Gasteiger charge is -2.17. The normalized spacial score (nSPS) is 11.8. The number of halogens is 2. The van der Waals surface area contributed by atoms with Gasteiger partial charge in [-0.05, 0) is 30.3 Å². The van der Waals surface area contributed by atoms with Crippen LogP contribution in [0.1, 0.15) is 0 Å². The number of nitrogens with zero attached hydrogens (tertiary/aromatic N) is 3. The molecular formula is C15H12ClFN4O3S2. The van der Waals surface area contributed by atoms with Gasteiger partial charge in [0.05, 0.1) is 24.0 Å². The first-order valence-corrected chi connectivity index (χ1v) is 9.76. The first kappa shape index (κ1) is 18.6. The van der Waals surface area contributed by atoms with E-state index in [9.17, 15) is 17.6 Å². The highest BCUT2D eigenvalue weighted by Crippen LogP contribution is 2.24. The Morgan fingerprint density at radius 2 is 2.08 bits per heavy atom. The number of hydrogen-bond donors (Lipinski definition) is 1. The van der Waals surface area contributed by atoms with E-state index >= 15 is 0 Å². The quantitative estimate of drug-likeness (QED) is 0.693. The fourth-order valence-electron chi connectivity index (χ4n) is 2.23. The highest BCUT2D eigenvalue weighted by atomic mass is 35.5. The van der Waals surface area contributed by atoms with Crippen molar-refractivity contribution in [3.05, 3.63) is 47.2 Å². The Kier molecular flexibility index (Phi) is 5.19. The van der Waals surface area contributed by atoms with Gasteiger partial charge in [-0.25, -0.2) is 12.8 Å². The molecule has 0 saturated heterocycles. The van der Waals surface area contributed by atoms with Gasteiger partial charge in [0.2, 0.25) is 15.9 Å². The van der Waals surface area contributed by atoms with Crippen LogP contribution in [-0.4, -0.2) is 41.0 Å². The van der Waals surface area contributed by atoms with Gasteiger partial charge < -0.3 is 5.32 Å². The second-order valence-corrected chi connectivity index (χ2v) is 8.30. The van der Waals surface area contributed by atoms with Gasteiger partial charge in [0, 0.05) is 12.1 Å². The topological polar surface area (TPSA) is 92.3 Å². The average Bonchev–Trinajstić information content (AvgIpc) is 3.05. The molecule has 0 unspecified atom stereocenters. The summed E-state index contributed by atoms with van der Waals surface area (Å²) in [6.45, 7) is -0.502. The van der Waals surface area contributed by atoms with E-state index in [1.54, 1.807) is 12.1 Å². The minimum absolute atomic E-state index is 0.0447. The highest BCUT2D eigenvalue weighted by Gasteiger charge is 2.26. The molecule has 0 atom stereocenters. The first-order valence-electron chi connectivity index (χ1n) is 7.21. The summed E-state index contributed by atoms with van der Waals surface area (Å²) in [5.74, 6) is -1.41. The smallest absolute Gasteiger partial charge is 0.245 e. The molecule has 1 N–H and O–H groups in total. The summed E-state index contributed by atoms with van der Waals surface area (Å²) in [6.07, 6.45) is 0. The lowest BCUT2D eigenvalue weighted by molar-refractivity contribution is -0.116. The number of carbonyl (C=O) groups is 1. The summed E-state index contributed by atoms with van der Waals surface area (Å²) < 4.78 is 48.1. The van der Waals surface area contributed by atoms with Crippen LogP contribution < -0.4 is 5.32 Å². The van der Waals surface area contributed by atoms with Gasteiger partial charge in [0.1, 0.15) is 21.7 Å². The molecule has 1 amide bonds. The lowest BCUT2D eigenvalue weighted by atomic mass is 10.3. The minimum Gasteiger partial charge on any atom is -0.322 e. The van der Waals surface area contributed by atoms with Crippen LogP contribution in [0.4, 0.5) is 10.1 Å². The van der Waals surface area contributed by atoms with Crippen molar-refractivity contribution in [3.63, 3.8) is 0 Å². The molecule has 3 aromatic rings. The van der Waals surface area contributed by atoms with Gasteiger partial charge in [-0.15, -0.1) is 0 Å². The molecule has 7 nitrogen and oxygen atoms in total. The van der Waals surface area contributed by atoms with E-state index in [0.717, 1.165) is 22.1 Å². The Labute approximate surface area is 157 Å². The third-order valence-corrected chi connectivity index (χ3v) is 6.12. The minimum atomic E-state index is -3.98. The summed E-state index contributed by atoms with van der Waals surface area (Å²) >= 11 is 6.55. The zero-order valence-corrected chi connectivity index (χ0v) is 15.7. The molecule has 26 heavy (non-hydrogen) atoms. The van der Waals surface area contributed by atoms with E-state index in [1.165, 1.54) is 25.2 Å².